The summed E-state index contributed by atoms with van der Waals surface area (Å²) in [6, 6.07) is 3.63. The number of methoxy groups -OCH3 is 3. The van der Waals surface area contributed by atoms with Crippen LogP contribution in [0.1, 0.15) is 43.0 Å². The number of piperidine rings is 1. The molecule has 0 saturated carbocycles. The van der Waals surface area contributed by atoms with E-state index >= 15 is 0 Å². The Bertz CT molecular complexity index is 976. The maximum Gasteiger partial charge on any atom is 0.256 e. The van der Waals surface area contributed by atoms with E-state index in [4.69, 9.17) is 23.9 Å². The van der Waals surface area contributed by atoms with Crippen molar-refractivity contribution in [3.05, 3.63) is 23.9 Å². The van der Waals surface area contributed by atoms with Gasteiger partial charge in [0, 0.05) is 38.0 Å². The lowest BCUT2D eigenvalue weighted by Gasteiger charge is -2.32. The van der Waals surface area contributed by atoms with Gasteiger partial charge in [-0.05, 0) is 43.7 Å². The normalized spacial score (nSPS) is 18.6. The largest absolute Gasteiger partial charge is 0.493 e. The lowest BCUT2D eigenvalue weighted by molar-refractivity contribution is 0.0857. The van der Waals surface area contributed by atoms with Crippen molar-refractivity contribution in [2.75, 3.05) is 52.5 Å². The van der Waals surface area contributed by atoms with Gasteiger partial charge in [0.05, 0.1) is 27.4 Å². The molecule has 1 aromatic heterocycles. The van der Waals surface area contributed by atoms with Crippen molar-refractivity contribution < 1.29 is 23.7 Å². The van der Waals surface area contributed by atoms with Gasteiger partial charge in [0.15, 0.2) is 17.3 Å². The van der Waals surface area contributed by atoms with Crippen molar-refractivity contribution >= 4 is 11.7 Å². The van der Waals surface area contributed by atoms with E-state index in [1.165, 1.54) is 0 Å². The molecule has 1 aromatic carbocycles. The van der Waals surface area contributed by atoms with Crippen LogP contribution in [0.2, 0.25) is 0 Å². The number of carbonyl (C=O) groups excluding carboxylic acids is 1. The Morgan fingerprint density at radius 2 is 1.82 bits per heavy atom. The van der Waals surface area contributed by atoms with Gasteiger partial charge in [-0.15, -0.1) is 0 Å². The van der Waals surface area contributed by atoms with Gasteiger partial charge < -0.3 is 29.2 Å². The molecule has 1 amide bonds. The highest BCUT2D eigenvalue weighted by Gasteiger charge is 2.25. The number of hydrogen-bond acceptors (Lipinski definition) is 8. The summed E-state index contributed by atoms with van der Waals surface area (Å²) in [6.07, 6.45) is 5.80. The summed E-state index contributed by atoms with van der Waals surface area (Å²) in [5.74, 6) is 3.16. The molecule has 9 nitrogen and oxygen atoms in total. The number of nitrogens with one attached hydrogen (secondary N) is 1. The molecule has 34 heavy (non-hydrogen) atoms. The standard InChI is InChI=1S/C25H34N4O5/c1-16-7-9-29(10-8-16)24-19(25(30)27-14-18-6-5-11-34-18)15-26-23(28-24)17-12-20(31-2)22(33-4)21(13-17)32-3/h12-13,15-16,18H,5-11,14H2,1-4H3,(H,27,30)/t18-/m1/s1. The second kappa shape index (κ2) is 10.9. The highest BCUT2D eigenvalue weighted by Crippen LogP contribution is 2.41. The number of rotatable bonds is 8. The Morgan fingerprint density at radius 3 is 2.41 bits per heavy atom. The number of ether oxygens (including phenoxy) is 4. The average molecular weight is 471 g/mol. The fourth-order valence-corrected chi connectivity index (χ4v) is 4.45. The number of nitrogens with zero attached hydrogens (tertiary/aromatic N) is 3. The fraction of sp³-hybridized carbons (Fsp3) is 0.560. The summed E-state index contributed by atoms with van der Waals surface area (Å²) < 4.78 is 22.1. The second-order valence-corrected chi connectivity index (χ2v) is 8.86. The highest BCUT2D eigenvalue weighted by molar-refractivity contribution is 5.99. The van der Waals surface area contributed by atoms with Gasteiger partial charge >= 0.3 is 0 Å². The van der Waals surface area contributed by atoms with Crippen molar-refractivity contribution in [3.8, 4) is 28.6 Å². The highest BCUT2D eigenvalue weighted by atomic mass is 16.5. The first kappa shape index (κ1) is 24.1. The molecule has 0 radical (unpaired) electrons. The topological polar surface area (TPSA) is 95.0 Å². The van der Waals surface area contributed by atoms with E-state index in [2.05, 4.69) is 22.1 Å². The molecule has 3 heterocycles. The Labute approximate surface area is 200 Å². The van der Waals surface area contributed by atoms with Gasteiger partial charge in [-0.25, -0.2) is 9.97 Å². The van der Waals surface area contributed by atoms with Gasteiger partial charge in [0.2, 0.25) is 5.75 Å². The zero-order chi connectivity index (χ0) is 24.1. The van der Waals surface area contributed by atoms with Gasteiger partial charge in [0.25, 0.3) is 5.91 Å². The molecule has 2 saturated heterocycles. The molecule has 2 aromatic rings. The van der Waals surface area contributed by atoms with Gasteiger partial charge in [-0.3, -0.25) is 4.79 Å². The Balaban J connectivity index is 1.68. The van der Waals surface area contributed by atoms with Crippen LogP contribution >= 0.6 is 0 Å². The van der Waals surface area contributed by atoms with Crippen LogP contribution < -0.4 is 24.4 Å². The Morgan fingerprint density at radius 1 is 1.12 bits per heavy atom. The molecule has 184 valence electrons. The van der Waals surface area contributed by atoms with Gasteiger partial charge in [-0.1, -0.05) is 6.92 Å². The van der Waals surface area contributed by atoms with E-state index in [0.29, 0.717) is 52.5 Å². The number of aromatic nitrogens is 2. The van der Waals surface area contributed by atoms with Crippen LogP contribution in [0.15, 0.2) is 18.3 Å². The quantitative estimate of drug-likeness (QED) is 0.628. The SMILES string of the molecule is COc1cc(-c2ncc(C(=O)NC[C@H]3CCCO3)c(N3CCC(C)CC3)n2)cc(OC)c1OC. The number of amides is 1. The van der Waals surface area contributed by atoms with Gasteiger partial charge in [0.1, 0.15) is 11.4 Å². The van der Waals surface area contributed by atoms with Crippen molar-refractivity contribution in [3.63, 3.8) is 0 Å². The first-order valence-corrected chi connectivity index (χ1v) is 11.9. The number of carbonyl (C=O) groups is 1. The van der Waals surface area contributed by atoms with Crippen LogP contribution in [-0.4, -0.2) is 69.5 Å². The average Bonchev–Trinajstić information content (AvgIpc) is 3.40. The Kier molecular flexibility index (Phi) is 7.72. The van der Waals surface area contributed by atoms with E-state index in [0.717, 1.165) is 45.4 Å². The molecule has 0 spiro atoms. The summed E-state index contributed by atoms with van der Waals surface area (Å²) >= 11 is 0. The molecule has 2 aliphatic rings. The third-order valence-electron chi connectivity index (χ3n) is 6.53. The van der Waals surface area contributed by atoms with E-state index in [1.807, 2.05) is 12.1 Å². The minimum atomic E-state index is -0.180. The monoisotopic (exact) mass is 470 g/mol. The van der Waals surface area contributed by atoms with E-state index in [9.17, 15) is 4.79 Å². The molecule has 4 rings (SSSR count). The lowest BCUT2D eigenvalue weighted by Crippen LogP contribution is -2.37. The summed E-state index contributed by atoms with van der Waals surface area (Å²) in [7, 11) is 4.71. The van der Waals surface area contributed by atoms with E-state index < -0.39 is 0 Å². The van der Waals surface area contributed by atoms with Crippen LogP contribution in [0.4, 0.5) is 5.82 Å². The minimum Gasteiger partial charge on any atom is -0.493 e. The minimum absolute atomic E-state index is 0.0719. The molecule has 0 unspecified atom stereocenters. The lowest BCUT2D eigenvalue weighted by atomic mass is 9.99. The predicted octanol–water partition coefficient (Wildman–Crippen LogP) is 3.31. The predicted molar refractivity (Wildman–Crippen MR) is 129 cm³/mol. The van der Waals surface area contributed by atoms with Crippen LogP contribution in [0.25, 0.3) is 11.4 Å². The van der Waals surface area contributed by atoms with Gasteiger partial charge in [-0.2, -0.15) is 0 Å². The zero-order valence-electron chi connectivity index (χ0n) is 20.4. The first-order valence-electron chi connectivity index (χ1n) is 11.9. The van der Waals surface area contributed by atoms with Crippen LogP contribution in [0, 0.1) is 5.92 Å². The van der Waals surface area contributed by atoms with Crippen LogP contribution in [0.3, 0.4) is 0 Å². The fourth-order valence-electron chi connectivity index (χ4n) is 4.45. The van der Waals surface area contributed by atoms with Crippen molar-refractivity contribution in [2.24, 2.45) is 5.92 Å². The molecule has 1 atom stereocenters. The molecule has 1 N–H and O–H groups in total. The molecule has 9 heteroatoms. The number of anilines is 1. The van der Waals surface area contributed by atoms with E-state index in [1.54, 1.807) is 27.5 Å². The Hall–Kier alpha value is -3.07. The summed E-state index contributed by atoms with van der Waals surface area (Å²) in [5.41, 5.74) is 1.19. The first-order chi connectivity index (χ1) is 16.5. The van der Waals surface area contributed by atoms with Crippen molar-refractivity contribution in [1.82, 2.24) is 15.3 Å². The summed E-state index contributed by atoms with van der Waals surface area (Å²) in [5, 5.41) is 3.01. The summed E-state index contributed by atoms with van der Waals surface area (Å²) in [4.78, 5) is 24.7. The zero-order valence-corrected chi connectivity index (χ0v) is 20.4. The van der Waals surface area contributed by atoms with Crippen LogP contribution in [0.5, 0.6) is 17.2 Å². The van der Waals surface area contributed by atoms with Crippen molar-refractivity contribution in [1.29, 1.82) is 0 Å². The molecule has 0 aliphatic carbocycles. The van der Waals surface area contributed by atoms with E-state index in [-0.39, 0.29) is 12.0 Å². The molecular formula is C25H34N4O5. The number of benzene rings is 1. The molecule has 2 fully saturated rings. The van der Waals surface area contributed by atoms with Crippen molar-refractivity contribution in [2.45, 2.75) is 38.7 Å². The maximum atomic E-state index is 13.1. The molecular weight excluding hydrogens is 436 g/mol. The van der Waals surface area contributed by atoms with Crippen LogP contribution in [-0.2, 0) is 4.74 Å². The smallest absolute Gasteiger partial charge is 0.256 e. The second-order valence-electron chi connectivity index (χ2n) is 8.86. The number of hydrogen-bond donors (Lipinski definition) is 1. The maximum absolute atomic E-state index is 13.1. The third-order valence-corrected chi connectivity index (χ3v) is 6.53. The summed E-state index contributed by atoms with van der Waals surface area (Å²) in [6.45, 7) is 5.19. The third kappa shape index (κ3) is 5.19. The molecule has 2 aliphatic heterocycles. The molecule has 0 bridgehead atoms.